The van der Waals surface area contributed by atoms with Crippen molar-refractivity contribution < 1.29 is 9.53 Å². The SMILES string of the molecule is C=CCOc1ccccc1C=C1SC(=S)N(c2ccccc2CC)C1=O. The van der Waals surface area contributed by atoms with Crippen LogP contribution in [-0.2, 0) is 11.2 Å². The summed E-state index contributed by atoms with van der Waals surface area (Å²) in [5.41, 5.74) is 2.80. The van der Waals surface area contributed by atoms with Gasteiger partial charge in [0.05, 0.1) is 10.6 Å². The summed E-state index contributed by atoms with van der Waals surface area (Å²) >= 11 is 6.80. The highest BCUT2D eigenvalue weighted by molar-refractivity contribution is 8.27. The van der Waals surface area contributed by atoms with Crippen molar-refractivity contribution in [2.75, 3.05) is 11.5 Å². The van der Waals surface area contributed by atoms with Gasteiger partial charge in [0.2, 0.25) is 0 Å². The molecule has 1 amide bonds. The Labute approximate surface area is 163 Å². The van der Waals surface area contributed by atoms with E-state index in [9.17, 15) is 4.79 Å². The highest BCUT2D eigenvalue weighted by atomic mass is 32.2. The van der Waals surface area contributed by atoms with E-state index in [1.54, 1.807) is 11.0 Å². The molecule has 1 saturated heterocycles. The molecule has 0 aliphatic carbocycles. The van der Waals surface area contributed by atoms with Gasteiger partial charge in [0.25, 0.3) is 5.91 Å². The molecule has 0 aromatic heterocycles. The number of thiocarbonyl (C=S) groups is 1. The molecule has 3 rings (SSSR count). The molecule has 3 nitrogen and oxygen atoms in total. The molecular formula is C21H19NO2S2. The lowest BCUT2D eigenvalue weighted by molar-refractivity contribution is -0.113. The van der Waals surface area contributed by atoms with Crippen LogP contribution in [0.1, 0.15) is 18.1 Å². The second-order valence-electron chi connectivity index (χ2n) is 5.64. The van der Waals surface area contributed by atoms with Crippen LogP contribution in [0.4, 0.5) is 5.69 Å². The van der Waals surface area contributed by atoms with E-state index in [-0.39, 0.29) is 5.91 Å². The zero-order valence-electron chi connectivity index (χ0n) is 14.5. The standard InChI is InChI=1S/C21H19NO2S2/c1-3-13-24-18-12-8-6-10-16(18)14-19-20(23)22(21(25)26-19)17-11-7-5-9-15(17)4-2/h3,5-12,14H,1,4,13H2,2H3. The molecule has 0 unspecified atom stereocenters. The van der Waals surface area contributed by atoms with Crippen LogP contribution >= 0.6 is 24.0 Å². The zero-order valence-corrected chi connectivity index (χ0v) is 16.1. The zero-order chi connectivity index (χ0) is 18.5. The lowest BCUT2D eigenvalue weighted by atomic mass is 10.1. The van der Waals surface area contributed by atoms with Crippen molar-refractivity contribution in [3.8, 4) is 5.75 Å². The van der Waals surface area contributed by atoms with Crippen LogP contribution in [0.3, 0.4) is 0 Å². The molecule has 132 valence electrons. The van der Waals surface area contributed by atoms with Gasteiger partial charge in [0.1, 0.15) is 12.4 Å². The first-order valence-electron chi connectivity index (χ1n) is 8.34. The van der Waals surface area contributed by atoms with Gasteiger partial charge in [-0.25, -0.2) is 0 Å². The van der Waals surface area contributed by atoms with Crippen molar-refractivity contribution in [2.45, 2.75) is 13.3 Å². The summed E-state index contributed by atoms with van der Waals surface area (Å²) in [5.74, 6) is 0.617. The summed E-state index contributed by atoms with van der Waals surface area (Å²) in [7, 11) is 0. The van der Waals surface area contributed by atoms with Gasteiger partial charge < -0.3 is 4.74 Å². The van der Waals surface area contributed by atoms with E-state index in [2.05, 4.69) is 13.5 Å². The fraction of sp³-hybridized carbons (Fsp3) is 0.143. The average molecular weight is 382 g/mol. The van der Waals surface area contributed by atoms with E-state index in [0.29, 0.717) is 21.6 Å². The van der Waals surface area contributed by atoms with Crippen LogP contribution in [0.15, 0.2) is 66.1 Å². The summed E-state index contributed by atoms with van der Waals surface area (Å²) in [6.45, 7) is 6.15. The molecule has 1 aliphatic rings. The first kappa shape index (κ1) is 18.4. The molecule has 26 heavy (non-hydrogen) atoms. The normalized spacial score (nSPS) is 15.6. The summed E-state index contributed by atoms with van der Waals surface area (Å²) in [5, 5.41) is 0. The van der Waals surface area contributed by atoms with Crippen molar-refractivity contribution in [1.29, 1.82) is 0 Å². The highest BCUT2D eigenvalue weighted by Gasteiger charge is 2.34. The van der Waals surface area contributed by atoms with E-state index in [0.717, 1.165) is 23.2 Å². The van der Waals surface area contributed by atoms with E-state index >= 15 is 0 Å². The van der Waals surface area contributed by atoms with Crippen LogP contribution in [-0.4, -0.2) is 16.8 Å². The second kappa shape index (κ2) is 8.34. The molecule has 0 spiro atoms. The second-order valence-corrected chi connectivity index (χ2v) is 7.31. The summed E-state index contributed by atoms with van der Waals surface area (Å²) < 4.78 is 6.22. The molecule has 5 heteroatoms. The van der Waals surface area contributed by atoms with Crippen molar-refractivity contribution in [2.24, 2.45) is 0 Å². The fourth-order valence-corrected chi connectivity index (χ4v) is 4.00. The van der Waals surface area contributed by atoms with Gasteiger partial charge in [0, 0.05) is 5.56 Å². The number of hydrogen-bond acceptors (Lipinski definition) is 4. The van der Waals surface area contributed by atoms with Crippen molar-refractivity contribution in [3.05, 3.63) is 77.2 Å². The minimum absolute atomic E-state index is 0.0978. The smallest absolute Gasteiger partial charge is 0.270 e. The monoisotopic (exact) mass is 381 g/mol. The number of thioether (sulfide) groups is 1. The number of ether oxygens (including phenoxy) is 1. The first-order valence-corrected chi connectivity index (χ1v) is 9.56. The maximum Gasteiger partial charge on any atom is 0.270 e. The van der Waals surface area contributed by atoms with E-state index < -0.39 is 0 Å². The topological polar surface area (TPSA) is 29.5 Å². The van der Waals surface area contributed by atoms with E-state index in [4.69, 9.17) is 17.0 Å². The van der Waals surface area contributed by atoms with Gasteiger partial charge in [0.15, 0.2) is 4.32 Å². The third-order valence-corrected chi connectivity index (χ3v) is 5.27. The van der Waals surface area contributed by atoms with Gasteiger partial charge in [-0.3, -0.25) is 9.69 Å². The Balaban J connectivity index is 1.95. The molecule has 0 saturated carbocycles. The minimum atomic E-state index is -0.0978. The van der Waals surface area contributed by atoms with Crippen LogP contribution in [0.2, 0.25) is 0 Å². The molecule has 1 aliphatic heterocycles. The Morgan fingerprint density at radius 3 is 2.69 bits per heavy atom. The fourth-order valence-electron chi connectivity index (χ4n) is 2.72. The van der Waals surface area contributed by atoms with Gasteiger partial charge in [-0.2, -0.15) is 0 Å². The number of carbonyl (C=O) groups is 1. The van der Waals surface area contributed by atoms with Crippen molar-refractivity contribution in [3.63, 3.8) is 0 Å². The Kier molecular flexibility index (Phi) is 5.91. The van der Waals surface area contributed by atoms with Crippen LogP contribution in [0.5, 0.6) is 5.75 Å². The Morgan fingerprint density at radius 1 is 1.19 bits per heavy atom. The number of nitrogens with zero attached hydrogens (tertiary/aromatic N) is 1. The number of para-hydroxylation sites is 2. The Hall–Kier alpha value is -2.37. The van der Waals surface area contributed by atoms with Gasteiger partial charge in [-0.05, 0) is 30.2 Å². The van der Waals surface area contributed by atoms with Gasteiger partial charge >= 0.3 is 0 Å². The third kappa shape index (κ3) is 3.74. The Morgan fingerprint density at radius 2 is 1.92 bits per heavy atom. The average Bonchev–Trinajstić information content (AvgIpc) is 2.94. The molecular weight excluding hydrogens is 362 g/mol. The lowest BCUT2D eigenvalue weighted by Crippen LogP contribution is -2.28. The summed E-state index contributed by atoms with van der Waals surface area (Å²) in [6.07, 6.45) is 4.37. The number of carbonyl (C=O) groups excluding carboxylic acids is 1. The molecule has 0 radical (unpaired) electrons. The van der Waals surface area contributed by atoms with Crippen LogP contribution < -0.4 is 9.64 Å². The molecule has 2 aromatic rings. The predicted molar refractivity (Wildman–Crippen MR) is 114 cm³/mol. The Bertz CT molecular complexity index is 889. The van der Waals surface area contributed by atoms with Crippen LogP contribution in [0.25, 0.3) is 6.08 Å². The lowest BCUT2D eigenvalue weighted by Gasteiger charge is -2.18. The number of hydrogen-bond donors (Lipinski definition) is 0. The third-order valence-electron chi connectivity index (χ3n) is 3.97. The van der Waals surface area contributed by atoms with Crippen molar-refractivity contribution >= 4 is 46.0 Å². The number of aryl methyl sites for hydroxylation is 1. The molecule has 2 aromatic carbocycles. The molecule has 1 fully saturated rings. The largest absolute Gasteiger partial charge is 0.489 e. The number of anilines is 1. The molecule has 0 atom stereocenters. The first-order chi connectivity index (χ1) is 12.7. The summed E-state index contributed by atoms with van der Waals surface area (Å²) in [4.78, 5) is 15.2. The minimum Gasteiger partial charge on any atom is -0.489 e. The molecule has 0 N–H and O–H groups in total. The molecule has 1 heterocycles. The van der Waals surface area contributed by atoms with Gasteiger partial charge in [-0.1, -0.05) is 80.0 Å². The van der Waals surface area contributed by atoms with Crippen molar-refractivity contribution in [1.82, 2.24) is 0 Å². The van der Waals surface area contributed by atoms with E-state index in [1.807, 2.05) is 54.6 Å². The number of amides is 1. The van der Waals surface area contributed by atoms with Crippen LogP contribution in [0, 0.1) is 0 Å². The summed E-state index contributed by atoms with van der Waals surface area (Å²) in [6, 6.07) is 15.5. The predicted octanol–water partition coefficient (Wildman–Crippen LogP) is 5.22. The maximum absolute atomic E-state index is 13.0. The number of rotatable bonds is 6. The molecule has 0 bridgehead atoms. The van der Waals surface area contributed by atoms with E-state index in [1.165, 1.54) is 11.8 Å². The maximum atomic E-state index is 13.0. The quantitative estimate of drug-likeness (QED) is 0.390. The number of benzene rings is 2. The van der Waals surface area contributed by atoms with Gasteiger partial charge in [-0.15, -0.1) is 0 Å². The highest BCUT2D eigenvalue weighted by Crippen LogP contribution is 2.38.